The van der Waals surface area contributed by atoms with Crippen LogP contribution >= 0.6 is 11.3 Å². The number of rotatable bonds is 7. The zero-order valence-corrected chi connectivity index (χ0v) is 20.2. The van der Waals surface area contributed by atoms with E-state index in [1.807, 2.05) is 45.2 Å². The highest BCUT2D eigenvalue weighted by molar-refractivity contribution is 7.09. The van der Waals surface area contributed by atoms with Gasteiger partial charge in [-0.25, -0.2) is 4.98 Å². The van der Waals surface area contributed by atoms with Crippen LogP contribution in [0, 0.1) is 6.92 Å². The number of thiazole rings is 1. The highest BCUT2D eigenvalue weighted by Gasteiger charge is 2.26. The molecule has 0 aliphatic carbocycles. The summed E-state index contributed by atoms with van der Waals surface area (Å²) in [6.45, 7) is 8.33. The van der Waals surface area contributed by atoms with Crippen LogP contribution in [0.4, 0.5) is 5.69 Å². The van der Waals surface area contributed by atoms with E-state index < -0.39 is 5.97 Å². The number of esters is 1. The van der Waals surface area contributed by atoms with Gasteiger partial charge in [0, 0.05) is 41.4 Å². The van der Waals surface area contributed by atoms with Gasteiger partial charge in [-0.05, 0) is 37.5 Å². The second kappa shape index (κ2) is 9.43. The van der Waals surface area contributed by atoms with Crippen LogP contribution in [0.15, 0.2) is 28.1 Å². The van der Waals surface area contributed by atoms with E-state index in [2.05, 4.69) is 21.2 Å². The van der Waals surface area contributed by atoms with Gasteiger partial charge in [-0.2, -0.15) is 4.98 Å². The Morgan fingerprint density at radius 1 is 1.24 bits per heavy atom. The number of amides is 1. The monoisotopic (exact) mass is 468 g/mol. The largest absolute Gasteiger partial charge is 0.456 e. The van der Waals surface area contributed by atoms with Crippen molar-refractivity contribution in [1.29, 1.82) is 0 Å². The molecule has 33 heavy (non-hydrogen) atoms. The van der Waals surface area contributed by atoms with Gasteiger partial charge in [0.05, 0.1) is 10.7 Å². The summed E-state index contributed by atoms with van der Waals surface area (Å²) in [4.78, 5) is 35.3. The van der Waals surface area contributed by atoms with Crippen molar-refractivity contribution in [3.8, 4) is 11.3 Å². The third-order valence-corrected chi connectivity index (χ3v) is 6.23. The van der Waals surface area contributed by atoms with Crippen molar-refractivity contribution in [2.75, 3.05) is 18.1 Å². The van der Waals surface area contributed by atoms with Crippen LogP contribution < -0.4 is 4.90 Å². The van der Waals surface area contributed by atoms with Gasteiger partial charge in [-0.3, -0.25) is 9.59 Å². The summed E-state index contributed by atoms with van der Waals surface area (Å²) in [5.41, 5.74) is 3.80. The molecule has 4 rings (SSSR count). The maximum atomic E-state index is 12.7. The molecule has 2 aromatic heterocycles. The molecule has 9 heteroatoms. The molecule has 0 spiro atoms. The Hall–Kier alpha value is -3.07. The van der Waals surface area contributed by atoms with Gasteiger partial charge in [0.2, 0.25) is 5.89 Å². The lowest BCUT2D eigenvalue weighted by molar-refractivity contribution is -0.147. The molecule has 0 fully saturated rings. The second-order valence-electron chi connectivity index (χ2n) is 9.17. The minimum absolute atomic E-state index is 0.184. The molecule has 0 saturated heterocycles. The van der Waals surface area contributed by atoms with E-state index >= 15 is 0 Å². The first-order chi connectivity index (χ1) is 15.7. The topological polar surface area (TPSA) is 98.4 Å². The first kappa shape index (κ1) is 23.1. The molecule has 8 nitrogen and oxygen atoms in total. The Morgan fingerprint density at radius 3 is 2.76 bits per heavy atom. The fourth-order valence-corrected chi connectivity index (χ4v) is 4.28. The summed E-state index contributed by atoms with van der Waals surface area (Å²) in [6, 6.07) is 6.02. The molecule has 0 N–H and O–H groups in total. The summed E-state index contributed by atoms with van der Waals surface area (Å²) >= 11 is 1.62. The quantitative estimate of drug-likeness (QED) is 0.478. The van der Waals surface area contributed by atoms with Crippen molar-refractivity contribution >= 4 is 28.9 Å². The van der Waals surface area contributed by atoms with E-state index in [1.165, 1.54) is 0 Å². The van der Waals surface area contributed by atoms with Crippen molar-refractivity contribution in [3.63, 3.8) is 0 Å². The van der Waals surface area contributed by atoms with Crippen LogP contribution in [0.25, 0.3) is 11.3 Å². The summed E-state index contributed by atoms with van der Waals surface area (Å²) in [5, 5.41) is 7.04. The molecule has 3 heterocycles. The van der Waals surface area contributed by atoms with E-state index in [-0.39, 0.29) is 24.3 Å². The van der Waals surface area contributed by atoms with Gasteiger partial charge in [-0.1, -0.05) is 32.0 Å². The molecular weight excluding hydrogens is 440 g/mol. The number of carbonyl (C=O) groups is 2. The minimum atomic E-state index is -0.410. The molecule has 0 bridgehead atoms. The zero-order valence-electron chi connectivity index (χ0n) is 19.4. The maximum absolute atomic E-state index is 12.7. The summed E-state index contributed by atoms with van der Waals surface area (Å²) < 4.78 is 10.5. The van der Waals surface area contributed by atoms with E-state index in [1.54, 1.807) is 16.2 Å². The molecule has 1 aromatic carbocycles. The predicted molar refractivity (Wildman–Crippen MR) is 125 cm³/mol. The lowest BCUT2D eigenvalue weighted by Crippen LogP contribution is -2.33. The van der Waals surface area contributed by atoms with Crippen LogP contribution in [-0.2, 0) is 32.6 Å². The summed E-state index contributed by atoms with van der Waals surface area (Å²) in [5.74, 6) is 0.522. The highest BCUT2D eigenvalue weighted by atomic mass is 32.1. The van der Waals surface area contributed by atoms with Gasteiger partial charge < -0.3 is 14.2 Å². The first-order valence-corrected chi connectivity index (χ1v) is 11.9. The minimum Gasteiger partial charge on any atom is -0.456 e. The van der Waals surface area contributed by atoms with Crippen LogP contribution in [0.3, 0.4) is 0 Å². The smallest absolute Gasteiger partial charge is 0.306 e. The number of hydrogen-bond acceptors (Lipinski definition) is 8. The van der Waals surface area contributed by atoms with E-state index in [9.17, 15) is 9.59 Å². The van der Waals surface area contributed by atoms with Crippen molar-refractivity contribution < 1.29 is 18.8 Å². The van der Waals surface area contributed by atoms with Crippen LogP contribution in [0.1, 0.15) is 55.9 Å². The van der Waals surface area contributed by atoms with Gasteiger partial charge in [0.15, 0.2) is 12.4 Å². The first-order valence-electron chi connectivity index (χ1n) is 11.0. The normalized spacial score (nSPS) is 13.3. The van der Waals surface area contributed by atoms with Crippen molar-refractivity contribution in [2.24, 2.45) is 0 Å². The molecular formula is C24H28N4O4S. The summed E-state index contributed by atoms with van der Waals surface area (Å²) in [6.07, 6.45) is 1.97. The number of ether oxygens (including phenoxy) is 1. The van der Waals surface area contributed by atoms with Crippen LogP contribution in [0.5, 0.6) is 0 Å². The molecule has 1 amide bonds. The molecule has 174 valence electrons. The number of aryl methyl sites for hydroxylation is 2. The van der Waals surface area contributed by atoms with E-state index in [0.717, 1.165) is 33.9 Å². The average molecular weight is 469 g/mol. The lowest BCUT2D eigenvalue weighted by atomic mass is 9.96. The molecule has 3 aromatic rings. The number of fused-ring (bicyclic) bond motifs is 1. The molecule has 0 saturated carbocycles. The number of anilines is 1. The molecule has 0 unspecified atom stereocenters. The Morgan fingerprint density at radius 2 is 2.06 bits per heavy atom. The number of benzene rings is 1. The van der Waals surface area contributed by atoms with Gasteiger partial charge in [0.1, 0.15) is 0 Å². The average Bonchev–Trinajstić information content (AvgIpc) is 3.50. The maximum Gasteiger partial charge on any atom is 0.306 e. The van der Waals surface area contributed by atoms with Gasteiger partial charge in [-0.15, -0.1) is 11.3 Å². The number of nitrogens with zero attached hydrogens (tertiary/aromatic N) is 4. The van der Waals surface area contributed by atoms with Crippen LogP contribution in [-0.4, -0.2) is 40.2 Å². The van der Waals surface area contributed by atoms with Crippen LogP contribution in [0.2, 0.25) is 0 Å². The molecule has 0 atom stereocenters. The van der Waals surface area contributed by atoms with Crippen molar-refractivity contribution in [2.45, 2.75) is 58.8 Å². The SMILES string of the molecule is Cc1nc(-c2ccc3c(c2)CCN3C(=O)COC(=O)CCCc2nc(C(C)(C)C)no2)cs1. The van der Waals surface area contributed by atoms with Gasteiger partial charge in [0.25, 0.3) is 5.91 Å². The second-order valence-corrected chi connectivity index (χ2v) is 10.2. The Kier molecular flexibility index (Phi) is 6.60. The Bertz CT molecular complexity index is 1160. The lowest BCUT2D eigenvalue weighted by Gasteiger charge is -2.17. The number of hydrogen-bond donors (Lipinski definition) is 0. The van der Waals surface area contributed by atoms with Gasteiger partial charge >= 0.3 is 5.97 Å². The Labute approximate surface area is 197 Å². The summed E-state index contributed by atoms with van der Waals surface area (Å²) in [7, 11) is 0. The third kappa shape index (κ3) is 5.47. The predicted octanol–water partition coefficient (Wildman–Crippen LogP) is 4.25. The van der Waals surface area contributed by atoms with E-state index in [0.29, 0.717) is 31.1 Å². The van der Waals surface area contributed by atoms with E-state index in [4.69, 9.17) is 9.26 Å². The van der Waals surface area contributed by atoms with Crippen molar-refractivity contribution in [3.05, 3.63) is 45.9 Å². The fourth-order valence-electron chi connectivity index (χ4n) is 3.65. The molecule has 1 aliphatic rings. The third-order valence-electron chi connectivity index (χ3n) is 5.46. The number of aromatic nitrogens is 3. The fraction of sp³-hybridized carbons (Fsp3) is 0.458. The number of carbonyl (C=O) groups excluding carboxylic acids is 2. The van der Waals surface area contributed by atoms with Crippen molar-refractivity contribution in [1.82, 2.24) is 15.1 Å². The highest BCUT2D eigenvalue weighted by Crippen LogP contribution is 2.32. The molecule has 0 radical (unpaired) electrons. The molecule has 1 aliphatic heterocycles. The Balaban J connectivity index is 1.25. The zero-order chi connectivity index (χ0) is 23.6. The standard InChI is InChI=1S/C24H28N4O4S/c1-15-25-18(14-33-15)16-8-9-19-17(12-16)10-11-28(19)21(29)13-31-22(30)7-5-6-20-26-23(27-32-20)24(2,3)4/h8-9,12,14H,5-7,10-11,13H2,1-4H3.